The molecule has 3 atom stereocenters. The van der Waals surface area contributed by atoms with Crippen molar-refractivity contribution in [2.24, 2.45) is 5.92 Å². The molecule has 130 valence electrons. The predicted molar refractivity (Wildman–Crippen MR) is 89.1 cm³/mol. The van der Waals surface area contributed by atoms with Crippen LogP contribution in [0.25, 0.3) is 0 Å². The Hall–Kier alpha value is -2.54. The molecule has 1 amide bonds. The fraction of sp³-hybridized carbons (Fsp3) is 0.444. The van der Waals surface area contributed by atoms with Crippen LogP contribution in [0.3, 0.4) is 0 Å². The number of amides is 1. The molecule has 7 nitrogen and oxygen atoms in total. The minimum atomic E-state index is -0.000468. The molecule has 0 N–H and O–H groups in total. The van der Waals surface area contributed by atoms with Gasteiger partial charge in [-0.2, -0.15) is 10.2 Å². The zero-order valence-corrected chi connectivity index (χ0v) is 13.8. The summed E-state index contributed by atoms with van der Waals surface area (Å²) in [4.78, 5) is 18.9. The Kier molecular flexibility index (Phi) is 4.56. The lowest BCUT2D eigenvalue weighted by Crippen LogP contribution is -2.51. The van der Waals surface area contributed by atoms with Crippen LogP contribution in [-0.2, 0) is 4.74 Å². The fourth-order valence-electron chi connectivity index (χ4n) is 3.66. The van der Waals surface area contributed by atoms with Gasteiger partial charge in [0.2, 0.25) is 5.88 Å². The molecule has 1 saturated heterocycles. The number of carbonyl (C=O) groups excluding carboxylic acids is 1. The molecule has 2 aromatic rings. The van der Waals surface area contributed by atoms with Crippen molar-refractivity contribution in [1.82, 2.24) is 20.1 Å². The number of hydrogen-bond donors (Lipinski definition) is 0. The van der Waals surface area contributed by atoms with Gasteiger partial charge < -0.3 is 14.4 Å². The third-order valence-corrected chi connectivity index (χ3v) is 4.83. The first-order chi connectivity index (χ1) is 12.3. The van der Waals surface area contributed by atoms with Crippen molar-refractivity contribution >= 4 is 5.91 Å². The Balaban J connectivity index is 1.41. The minimum Gasteiger partial charge on any atom is -0.477 e. The van der Waals surface area contributed by atoms with E-state index in [0.717, 1.165) is 12.8 Å². The van der Waals surface area contributed by atoms with Crippen LogP contribution in [-0.4, -0.2) is 57.9 Å². The topological polar surface area (TPSA) is 77.4 Å². The lowest BCUT2D eigenvalue weighted by atomic mass is 10.1. The molecule has 2 aromatic heterocycles. The minimum absolute atomic E-state index is 0.000468. The smallest absolute Gasteiger partial charge is 0.255 e. The van der Waals surface area contributed by atoms with Gasteiger partial charge in [0.25, 0.3) is 5.91 Å². The van der Waals surface area contributed by atoms with Crippen molar-refractivity contribution < 1.29 is 14.3 Å². The van der Waals surface area contributed by atoms with Gasteiger partial charge in [-0.25, -0.2) is 4.98 Å². The number of rotatable bonds is 4. The Morgan fingerprint density at radius 2 is 2.20 bits per heavy atom. The molecule has 1 saturated carbocycles. The van der Waals surface area contributed by atoms with E-state index in [4.69, 9.17) is 9.47 Å². The second kappa shape index (κ2) is 7.14. The number of nitrogens with zero attached hydrogens (tertiary/aromatic N) is 4. The van der Waals surface area contributed by atoms with Gasteiger partial charge in [0.1, 0.15) is 0 Å². The molecule has 1 unspecified atom stereocenters. The third kappa shape index (κ3) is 3.46. The maximum Gasteiger partial charge on any atom is 0.255 e. The molecule has 0 bridgehead atoms. The zero-order chi connectivity index (χ0) is 17.1. The van der Waals surface area contributed by atoms with Crippen LogP contribution in [0.1, 0.15) is 23.2 Å². The lowest BCUT2D eigenvalue weighted by molar-refractivity contribution is -0.0448. The molecular weight excluding hydrogens is 320 g/mol. The van der Waals surface area contributed by atoms with E-state index in [-0.39, 0.29) is 18.1 Å². The molecule has 1 aliphatic carbocycles. The van der Waals surface area contributed by atoms with Gasteiger partial charge in [-0.05, 0) is 30.9 Å². The van der Waals surface area contributed by atoms with E-state index in [1.807, 2.05) is 23.1 Å². The van der Waals surface area contributed by atoms with Crippen LogP contribution in [0, 0.1) is 5.92 Å². The van der Waals surface area contributed by atoms with Gasteiger partial charge in [0.15, 0.2) is 0 Å². The van der Waals surface area contributed by atoms with Crippen LogP contribution in [0.2, 0.25) is 0 Å². The van der Waals surface area contributed by atoms with Gasteiger partial charge in [-0.1, -0.05) is 6.07 Å². The van der Waals surface area contributed by atoms with Gasteiger partial charge in [0.05, 0.1) is 43.3 Å². The standard InChI is InChI=1S/C18H20N4O3/c23-18(14-4-6-20-21-11-14)22-7-8-24-16-10-13(9-15(16)22)12-25-17-3-1-2-5-19-17/h1-6,11,13,15-16H,7-10,12H2/t13?,15-,16-/m1/s1. The highest BCUT2D eigenvalue weighted by Gasteiger charge is 2.43. The number of morpholine rings is 1. The Bertz CT molecular complexity index is 713. The quantitative estimate of drug-likeness (QED) is 0.841. The highest BCUT2D eigenvalue weighted by atomic mass is 16.5. The van der Waals surface area contributed by atoms with E-state index in [9.17, 15) is 4.79 Å². The van der Waals surface area contributed by atoms with Crippen molar-refractivity contribution in [3.05, 3.63) is 48.4 Å². The van der Waals surface area contributed by atoms with Crippen molar-refractivity contribution in [1.29, 1.82) is 0 Å². The Morgan fingerprint density at radius 3 is 3.00 bits per heavy atom. The molecule has 0 radical (unpaired) electrons. The number of aromatic nitrogens is 3. The maximum atomic E-state index is 12.8. The highest BCUT2D eigenvalue weighted by molar-refractivity contribution is 5.94. The summed E-state index contributed by atoms with van der Waals surface area (Å²) >= 11 is 0. The highest BCUT2D eigenvalue weighted by Crippen LogP contribution is 2.35. The summed E-state index contributed by atoms with van der Waals surface area (Å²) in [6.45, 7) is 1.77. The Morgan fingerprint density at radius 1 is 1.24 bits per heavy atom. The van der Waals surface area contributed by atoms with Crippen LogP contribution in [0.4, 0.5) is 0 Å². The molecule has 4 rings (SSSR count). The number of fused-ring (bicyclic) bond motifs is 1. The second-order valence-corrected chi connectivity index (χ2v) is 6.42. The average molecular weight is 340 g/mol. The normalized spacial score (nSPS) is 25.4. The second-order valence-electron chi connectivity index (χ2n) is 6.42. The molecule has 2 aliphatic rings. The van der Waals surface area contributed by atoms with Crippen molar-refractivity contribution in [3.8, 4) is 5.88 Å². The summed E-state index contributed by atoms with van der Waals surface area (Å²) in [6.07, 6.45) is 6.63. The van der Waals surface area contributed by atoms with Crippen molar-refractivity contribution in [2.45, 2.75) is 25.0 Å². The van der Waals surface area contributed by atoms with E-state index in [0.29, 0.717) is 37.1 Å². The molecule has 3 heterocycles. The van der Waals surface area contributed by atoms with Crippen LogP contribution >= 0.6 is 0 Å². The van der Waals surface area contributed by atoms with E-state index in [1.165, 1.54) is 6.20 Å². The number of hydrogen-bond acceptors (Lipinski definition) is 6. The molecule has 25 heavy (non-hydrogen) atoms. The van der Waals surface area contributed by atoms with E-state index >= 15 is 0 Å². The number of carbonyl (C=O) groups is 1. The summed E-state index contributed by atoms with van der Waals surface area (Å²) in [6, 6.07) is 7.42. The molecule has 0 aromatic carbocycles. The lowest BCUT2D eigenvalue weighted by Gasteiger charge is -2.37. The summed E-state index contributed by atoms with van der Waals surface area (Å²) in [5.41, 5.74) is 0.573. The first kappa shape index (κ1) is 16.0. The molecule has 7 heteroatoms. The van der Waals surface area contributed by atoms with Crippen LogP contribution in [0.15, 0.2) is 42.9 Å². The SMILES string of the molecule is O=C(c1ccnnc1)N1CCO[C@@H]2CC(COc3ccccn3)C[C@H]21. The number of pyridine rings is 1. The summed E-state index contributed by atoms with van der Waals surface area (Å²) < 4.78 is 11.7. The first-order valence-corrected chi connectivity index (χ1v) is 8.54. The number of ether oxygens (including phenoxy) is 2. The summed E-state index contributed by atoms with van der Waals surface area (Å²) in [5.74, 6) is 0.981. The third-order valence-electron chi connectivity index (χ3n) is 4.83. The van der Waals surface area contributed by atoms with E-state index < -0.39 is 0 Å². The molecule has 1 aliphatic heterocycles. The molecule has 0 spiro atoms. The van der Waals surface area contributed by atoms with Crippen LogP contribution < -0.4 is 4.74 Å². The fourth-order valence-corrected chi connectivity index (χ4v) is 3.66. The van der Waals surface area contributed by atoms with E-state index in [1.54, 1.807) is 18.5 Å². The largest absolute Gasteiger partial charge is 0.477 e. The monoisotopic (exact) mass is 340 g/mol. The first-order valence-electron chi connectivity index (χ1n) is 8.54. The van der Waals surface area contributed by atoms with Crippen molar-refractivity contribution in [3.63, 3.8) is 0 Å². The zero-order valence-electron chi connectivity index (χ0n) is 13.8. The van der Waals surface area contributed by atoms with Gasteiger partial charge in [-0.3, -0.25) is 4.79 Å². The summed E-state index contributed by atoms with van der Waals surface area (Å²) in [5, 5.41) is 7.55. The van der Waals surface area contributed by atoms with Crippen LogP contribution in [0.5, 0.6) is 5.88 Å². The molecular formula is C18H20N4O3. The Labute approximate surface area is 146 Å². The van der Waals surface area contributed by atoms with Gasteiger partial charge in [0, 0.05) is 18.8 Å². The average Bonchev–Trinajstić information content (AvgIpc) is 3.10. The predicted octanol–water partition coefficient (Wildman–Crippen LogP) is 1.57. The van der Waals surface area contributed by atoms with Gasteiger partial charge in [-0.15, -0.1) is 0 Å². The summed E-state index contributed by atoms with van der Waals surface area (Å²) in [7, 11) is 0. The van der Waals surface area contributed by atoms with Crippen molar-refractivity contribution in [2.75, 3.05) is 19.8 Å². The van der Waals surface area contributed by atoms with Gasteiger partial charge >= 0.3 is 0 Å². The molecule has 2 fully saturated rings. The maximum absolute atomic E-state index is 12.8. The van der Waals surface area contributed by atoms with E-state index in [2.05, 4.69) is 15.2 Å².